The lowest BCUT2D eigenvalue weighted by Gasteiger charge is -2.22. The minimum absolute atomic E-state index is 0.140. The summed E-state index contributed by atoms with van der Waals surface area (Å²) in [5.74, 6) is 0.450. The molecule has 0 radical (unpaired) electrons. The minimum Gasteiger partial charge on any atom is -0.395 e. The first-order chi connectivity index (χ1) is 8.63. The van der Waals surface area contributed by atoms with Crippen LogP contribution in [0.1, 0.15) is 0 Å². The van der Waals surface area contributed by atoms with E-state index in [0.717, 1.165) is 11.0 Å². The average Bonchev–Trinajstić information content (AvgIpc) is 2.66. The van der Waals surface area contributed by atoms with E-state index in [2.05, 4.69) is 4.98 Å². The summed E-state index contributed by atoms with van der Waals surface area (Å²) < 4.78 is 26.8. The van der Waals surface area contributed by atoms with Crippen LogP contribution in [0.5, 0.6) is 0 Å². The molecule has 0 saturated carbocycles. The molecule has 0 saturated heterocycles. The number of benzene rings is 1. The van der Waals surface area contributed by atoms with Crippen molar-refractivity contribution in [2.24, 2.45) is 7.05 Å². The molecule has 0 atom stereocenters. The molecule has 0 fully saturated rings. The summed E-state index contributed by atoms with van der Waals surface area (Å²) in [5.41, 5.74) is 1.64. The van der Waals surface area contributed by atoms with Crippen LogP contribution in [0, 0.1) is 0 Å². The molecule has 0 bridgehead atoms. The molecule has 0 spiro atoms. The number of anilines is 1. The van der Waals surface area contributed by atoms with Gasteiger partial charge < -0.3 is 14.6 Å². The largest absolute Gasteiger partial charge is 0.395 e. The van der Waals surface area contributed by atoms with E-state index in [-0.39, 0.29) is 13.2 Å². The Kier molecular flexibility index (Phi) is 3.76. The van der Waals surface area contributed by atoms with Gasteiger partial charge in [-0.2, -0.15) is 0 Å². The Balaban J connectivity index is 2.40. The first-order valence-corrected chi connectivity index (χ1v) is 5.69. The Labute approximate surface area is 103 Å². The van der Waals surface area contributed by atoms with Gasteiger partial charge in [-0.25, -0.2) is 13.8 Å². The van der Waals surface area contributed by atoms with Gasteiger partial charge in [-0.05, 0) is 12.1 Å². The number of aromatic nitrogens is 2. The van der Waals surface area contributed by atoms with Gasteiger partial charge in [0.15, 0.2) is 0 Å². The number of hydrogen-bond donors (Lipinski definition) is 1. The van der Waals surface area contributed by atoms with Crippen molar-refractivity contribution in [1.29, 1.82) is 0 Å². The third-order valence-corrected chi connectivity index (χ3v) is 2.77. The molecule has 6 heteroatoms. The van der Waals surface area contributed by atoms with E-state index in [0.29, 0.717) is 5.95 Å². The van der Waals surface area contributed by atoms with E-state index >= 15 is 0 Å². The van der Waals surface area contributed by atoms with Crippen LogP contribution < -0.4 is 4.90 Å². The molecule has 2 aromatic rings. The van der Waals surface area contributed by atoms with Crippen LogP contribution in [0.15, 0.2) is 24.3 Å². The molecule has 1 aromatic heterocycles. The normalized spacial score (nSPS) is 11.4. The fraction of sp³-hybridized carbons (Fsp3) is 0.417. The van der Waals surface area contributed by atoms with Crippen molar-refractivity contribution in [2.45, 2.75) is 6.43 Å². The lowest BCUT2D eigenvalue weighted by Crippen LogP contribution is -2.33. The Hall–Kier alpha value is -1.69. The molecular formula is C12H15F2N3O. The number of alkyl halides is 2. The SMILES string of the molecule is Cn1c(N(CCO)CC(F)F)nc2ccccc21. The summed E-state index contributed by atoms with van der Waals surface area (Å²) in [7, 11) is 1.78. The highest BCUT2D eigenvalue weighted by atomic mass is 19.3. The van der Waals surface area contributed by atoms with Crippen LogP contribution in [0.25, 0.3) is 11.0 Å². The molecule has 1 aromatic carbocycles. The van der Waals surface area contributed by atoms with Crippen molar-refractivity contribution in [3.63, 3.8) is 0 Å². The molecular weight excluding hydrogens is 240 g/mol. The monoisotopic (exact) mass is 255 g/mol. The number of halogens is 2. The standard InChI is InChI=1S/C12H15F2N3O/c1-16-10-5-3-2-4-9(10)15-12(16)17(6-7-18)8-11(13)14/h2-5,11,18H,6-8H2,1H3. The number of aliphatic hydroxyl groups excluding tert-OH is 1. The van der Waals surface area contributed by atoms with Gasteiger partial charge in [0.2, 0.25) is 5.95 Å². The molecule has 2 rings (SSSR count). The maximum atomic E-state index is 12.5. The summed E-state index contributed by atoms with van der Waals surface area (Å²) in [6.45, 7) is -0.477. The molecule has 0 aliphatic carbocycles. The van der Waals surface area contributed by atoms with Gasteiger partial charge in [-0.1, -0.05) is 12.1 Å². The van der Waals surface area contributed by atoms with Crippen molar-refractivity contribution in [1.82, 2.24) is 9.55 Å². The number of aryl methyl sites for hydroxylation is 1. The van der Waals surface area contributed by atoms with Gasteiger partial charge in [0, 0.05) is 13.6 Å². The van der Waals surface area contributed by atoms with Gasteiger partial charge in [0.05, 0.1) is 24.2 Å². The number of aliphatic hydroxyl groups is 1. The fourth-order valence-electron chi connectivity index (χ4n) is 1.98. The van der Waals surface area contributed by atoms with Crippen LogP contribution in [-0.2, 0) is 7.05 Å². The van der Waals surface area contributed by atoms with E-state index in [1.54, 1.807) is 11.6 Å². The van der Waals surface area contributed by atoms with E-state index < -0.39 is 13.0 Å². The molecule has 18 heavy (non-hydrogen) atoms. The smallest absolute Gasteiger partial charge is 0.255 e. The number of para-hydroxylation sites is 2. The zero-order valence-corrected chi connectivity index (χ0v) is 10.1. The lowest BCUT2D eigenvalue weighted by atomic mass is 10.3. The van der Waals surface area contributed by atoms with Crippen molar-refractivity contribution in [3.8, 4) is 0 Å². The Morgan fingerprint density at radius 2 is 2.11 bits per heavy atom. The highest BCUT2D eigenvalue weighted by molar-refractivity contribution is 5.78. The number of hydrogen-bond acceptors (Lipinski definition) is 3. The van der Waals surface area contributed by atoms with Crippen LogP contribution in [0.2, 0.25) is 0 Å². The first-order valence-electron chi connectivity index (χ1n) is 5.69. The van der Waals surface area contributed by atoms with Gasteiger partial charge in [-0.15, -0.1) is 0 Å². The van der Waals surface area contributed by atoms with Crippen molar-refractivity contribution < 1.29 is 13.9 Å². The van der Waals surface area contributed by atoms with Gasteiger partial charge in [0.25, 0.3) is 6.43 Å². The van der Waals surface area contributed by atoms with E-state index in [4.69, 9.17) is 5.11 Å². The summed E-state index contributed by atoms with van der Waals surface area (Å²) in [5, 5.41) is 8.95. The molecule has 1 heterocycles. The number of nitrogens with zero attached hydrogens (tertiary/aromatic N) is 3. The highest BCUT2D eigenvalue weighted by Crippen LogP contribution is 2.21. The Morgan fingerprint density at radius 3 is 2.72 bits per heavy atom. The predicted octanol–water partition coefficient (Wildman–Crippen LogP) is 1.64. The van der Waals surface area contributed by atoms with E-state index in [9.17, 15) is 8.78 Å². The van der Waals surface area contributed by atoms with Crippen LogP contribution >= 0.6 is 0 Å². The van der Waals surface area contributed by atoms with Crippen molar-refractivity contribution >= 4 is 17.0 Å². The predicted molar refractivity (Wildman–Crippen MR) is 66.0 cm³/mol. The quantitative estimate of drug-likeness (QED) is 0.883. The summed E-state index contributed by atoms with van der Waals surface area (Å²) >= 11 is 0. The molecule has 98 valence electrons. The second-order valence-corrected chi connectivity index (χ2v) is 4.02. The average molecular weight is 255 g/mol. The van der Waals surface area contributed by atoms with Crippen LogP contribution in [0.3, 0.4) is 0 Å². The van der Waals surface area contributed by atoms with Gasteiger partial charge >= 0.3 is 0 Å². The Morgan fingerprint density at radius 1 is 1.39 bits per heavy atom. The summed E-state index contributed by atoms with van der Waals surface area (Å²) in [6, 6.07) is 7.43. The maximum absolute atomic E-state index is 12.5. The third-order valence-electron chi connectivity index (χ3n) is 2.77. The zero-order chi connectivity index (χ0) is 13.1. The van der Waals surface area contributed by atoms with Crippen LogP contribution in [0.4, 0.5) is 14.7 Å². The molecule has 0 aliphatic rings. The molecule has 0 amide bonds. The van der Waals surface area contributed by atoms with Gasteiger partial charge in [-0.3, -0.25) is 0 Å². The third kappa shape index (κ3) is 2.43. The molecule has 4 nitrogen and oxygen atoms in total. The Bertz CT molecular complexity index is 527. The lowest BCUT2D eigenvalue weighted by molar-refractivity contribution is 0.152. The van der Waals surface area contributed by atoms with E-state index in [1.807, 2.05) is 24.3 Å². The summed E-state index contributed by atoms with van der Waals surface area (Å²) in [6.07, 6.45) is -2.46. The number of rotatable bonds is 5. The summed E-state index contributed by atoms with van der Waals surface area (Å²) in [4.78, 5) is 5.72. The zero-order valence-electron chi connectivity index (χ0n) is 10.1. The highest BCUT2D eigenvalue weighted by Gasteiger charge is 2.18. The van der Waals surface area contributed by atoms with Crippen molar-refractivity contribution in [3.05, 3.63) is 24.3 Å². The maximum Gasteiger partial charge on any atom is 0.255 e. The molecule has 1 N–H and O–H groups in total. The minimum atomic E-state index is -2.46. The number of fused-ring (bicyclic) bond motifs is 1. The fourth-order valence-corrected chi connectivity index (χ4v) is 1.98. The second-order valence-electron chi connectivity index (χ2n) is 4.02. The van der Waals surface area contributed by atoms with Crippen LogP contribution in [-0.4, -0.2) is 40.8 Å². The second kappa shape index (κ2) is 5.30. The van der Waals surface area contributed by atoms with E-state index in [1.165, 1.54) is 4.90 Å². The van der Waals surface area contributed by atoms with Gasteiger partial charge in [0.1, 0.15) is 0 Å². The first kappa shape index (κ1) is 12.8. The molecule has 0 aliphatic heterocycles. The van der Waals surface area contributed by atoms with Crippen molar-refractivity contribution in [2.75, 3.05) is 24.6 Å². The molecule has 0 unspecified atom stereocenters. The number of imidazole rings is 1. The topological polar surface area (TPSA) is 41.3 Å².